The Hall–Kier alpha value is -2.98. The van der Waals surface area contributed by atoms with Gasteiger partial charge in [-0.05, 0) is 42.3 Å². The van der Waals surface area contributed by atoms with Gasteiger partial charge in [0.1, 0.15) is 4.90 Å². The van der Waals surface area contributed by atoms with E-state index in [1.807, 2.05) is 13.0 Å². The van der Waals surface area contributed by atoms with E-state index in [4.69, 9.17) is 10.9 Å². The van der Waals surface area contributed by atoms with Gasteiger partial charge in [0.2, 0.25) is 15.8 Å². The molecule has 0 radical (unpaired) electrons. The average Bonchev–Trinajstić information content (AvgIpc) is 3.54. The summed E-state index contributed by atoms with van der Waals surface area (Å²) in [6.45, 7) is 2.63. The Morgan fingerprint density at radius 2 is 1.88 bits per heavy atom. The number of hydrogen-bond acceptors (Lipinski definition) is 11. The van der Waals surface area contributed by atoms with Crippen molar-refractivity contribution >= 4 is 46.5 Å². The minimum Gasteiger partial charge on any atom is -0.375 e. The molecule has 0 unspecified atom stereocenters. The lowest BCUT2D eigenvalue weighted by atomic mass is 9.97. The molecule has 0 bridgehead atoms. The van der Waals surface area contributed by atoms with Crippen molar-refractivity contribution < 1.29 is 16.8 Å². The lowest BCUT2D eigenvalue weighted by Crippen LogP contribution is -2.27. The monoisotopic (exact) mass is 520 g/mol. The zero-order valence-corrected chi connectivity index (χ0v) is 20.3. The number of sulfone groups is 1. The summed E-state index contributed by atoms with van der Waals surface area (Å²) in [5.74, 6) is -0.113. The number of aromatic nitrogens is 5. The second kappa shape index (κ2) is 8.06. The van der Waals surface area contributed by atoms with Crippen LogP contribution in [0.5, 0.6) is 0 Å². The van der Waals surface area contributed by atoms with Gasteiger partial charge in [-0.15, -0.1) is 10.2 Å². The molecule has 4 aromatic rings. The molecule has 1 atom stereocenters. The first-order valence-corrected chi connectivity index (χ1v) is 14.0. The van der Waals surface area contributed by atoms with Gasteiger partial charge in [0, 0.05) is 12.1 Å². The molecule has 1 saturated heterocycles. The molecule has 0 spiro atoms. The van der Waals surface area contributed by atoms with Crippen LogP contribution in [0.1, 0.15) is 12.0 Å². The summed E-state index contributed by atoms with van der Waals surface area (Å²) in [5, 5.41) is 21.9. The topological polar surface area (TPSA) is 200 Å². The van der Waals surface area contributed by atoms with Crippen molar-refractivity contribution in [3.8, 4) is 22.5 Å². The van der Waals surface area contributed by atoms with Gasteiger partial charge >= 0.3 is 0 Å². The summed E-state index contributed by atoms with van der Waals surface area (Å²) < 4.78 is 53.6. The van der Waals surface area contributed by atoms with Gasteiger partial charge in [0.05, 0.1) is 25.9 Å². The third-order valence-electron chi connectivity index (χ3n) is 5.78. The fourth-order valence-corrected chi connectivity index (χ4v) is 8.32. The quantitative estimate of drug-likeness (QED) is 0.292. The maximum absolute atomic E-state index is 13.5. The number of nitrogens with one attached hydrogen (secondary N) is 2. The molecule has 34 heavy (non-hydrogen) atoms. The molecule has 1 aliphatic heterocycles. The molecule has 1 aliphatic rings. The number of anilines is 1. The van der Waals surface area contributed by atoms with Gasteiger partial charge < -0.3 is 11.1 Å². The number of thiazole rings is 1. The van der Waals surface area contributed by atoms with Gasteiger partial charge in [-0.2, -0.15) is 5.21 Å². The second-order valence-electron chi connectivity index (χ2n) is 7.92. The number of nitrogen functional groups attached to an aromatic ring is 1. The van der Waals surface area contributed by atoms with Crippen LogP contribution in [0.3, 0.4) is 0 Å². The maximum Gasteiger partial charge on any atom is 0.240 e. The van der Waals surface area contributed by atoms with Crippen LogP contribution in [0.25, 0.3) is 32.7 Å². The predicted molar refractivity (Wildman–Crippen MR) is 127 cm³/mol. The standard InChI is InChI=1S/C19H20N8O4S3/c1-9-2-3-12(15-16(9)32-19(20)23-15)11-4-5-13(33(28,29)10-6-7-22-8-10)17(34(21,30)31)14(11)18-24-26-27-25-18/h2-5,10,22H,6-8H2,1H3,(H2,20,23)(H2,21,30,31)(H,24,25,26,27)/t10-/m1/s1. The van der Waals surface area contributed by atoms with E-state index in [9.17, 15) is 16.8 Å². The molecular formula is C19H20N8O4S3. The van der Waals surface area contributed by atoms with Gasteiger partial charge in [0.25, 0.3) is 0 Å². The first-order chi connectivity index (χ1) is 16.1. The van der Waals surface area contributed by atoms with Crippen molar-refractivity contribution in [2.75, 3.05) is 18.8 Å². The van der Waals surface area contributed by atoms with Gasteiger partial charge in [-0.1, -0.05) is 29.5 Å². The fourth-order valence-electron chi connectivity index (χ4n) is 4.22. The van der Waals surface area contributed by atoms with Gasteiger partial charge in [0.15, 0.2) is 15.0 Å². The lowest BCUT2D eigenvalue weighted by Gasteiger charge is -2.18. The third-order valence-corrected chi connectivity index (χ3v) is 10.2. The van der Waals surface area contributed by atoms with E-state index in [0.29, 0.717) is 34.7 Å². The highest BCUT2D eigenvalue weighted by Crippen LogP contribution is 2.43. The van der Waals surface area contributed by atoms with E-state index in [1.54, 1.807) is 6.07 Å². The van der Waals surface area contributed by atoms with Crippen LogP contribution in [-0.2, 0) is 19.9 Å². The number of benzene rings is 2. The van der Waals surface area contributed by atoms with E-state index in [1.165, 1.54) is 23.5 Å². The largest absolute Gasteiger partial charge is 0.375 e. The zero-order valence-electron chi connectivity index (χ0n) is 17.8. The van der Waals surface area contributed by atoms with Crippen LogP contribution < -0.4 is 16.2 Å². The van der Waals surface area contributed by atoms with Crippen LogP contribution in [0.4, 0.5) is 5.13 Å². The molecule has 1 fully saturated rings. The molecule has 12 nitrogen and oxygen atoms in total. The highest BCUT2D eigenvalue weighted by atomic mass is 32.2. The minimum atomic E-state index is -4.55. The fraction of sp³-hybridized carbons (Fsp3) is 0.263. The Labute approximate surface area is 198 Å². The number of nitrogens with two attached hydrogens (primary N) is 2. The summed E-state index contributed by atoms with van der Waals surface area (Å²) >= 11 is 1.30. The minimum absolute atomic E-state index is 0.0694. The number of hydrogen-bond donors (Lipinski definition) is 4. The van der Waals surface area contributed by atoms with Crippen LogP contribution in [0, 0.1) is 6.92 Å². The Kier molecular flexibility index (Phi) is 5.40. The summed E-state index contributed by atoms with van der Waals surface area (Å²) in [4.78, 5) is 3.45. The predicted octanol–water partition coefficient (Wildman–Crippen LogP) is 0.817. The highest BCUT2D eigenvalue weighted by Gasteiger charge is 2.37. The Bertz CT molecular complexity index is 1620. The number of aromatic amines is 1. The third kappa shape index (κ3) is 3.65. The molecule has 2 aromatic carbocycles. The van der Waals surface area contributed by atoms with Gasteiger partial charge in [-0.25, -0.2) is 27.0 Å². The van der Waals surface area contributed by atoms with Crippen molar-refractivity contribution in [3.05, 3.63) is 29.8 Å². The Morgan fingerprint density at radius 3 is 2.53 bits per heavy atom. The molecule has 6 N–H and O–H groups in total. The number of sulfonamides is 1. The summed E-state index contributed by atoms with van der Waals surface area (Å²) in [5.41, 5.74) is 8.24. The average molecular weight is 521 g/mol. The summed E-state index contributed by atoms with van der Waals surface area (Å²) in [7, 11) is -8.60. The van der Waals surface area contributed by atoms with Gasteiger partial charge in [-0.3, -0.25) is 0 Å². The van der Waals surface area contributed by atoms with Crippen molar-refractivity contribution in [2.45, 2.75) is 28.4 Å². The van der Waals surface area contributed by atoms with E-state index < -0.39 is 34.9 Å². The van der Waals surface area contributed by atoms with E-state index in [0.717, 1.165) is 10.3 Å². The maximum atomic E-state index is 13.5. The van der Waals surface area contributed by atoms with Crippen molar-refractivity contribution in [2.24, 2.45) is 5.14 Å². The Morgan fingerprint density at radius 1 is 1.12 bits per heavy atom. The number of fused-ring (bicyclic) bond motifs is 1. The number of nitrogens with zero attached hydrogens (tertiary/aromatic N) is 4. The molecule has 2 aromatic heterocycles. The first kappa shape index (κ1) is 22.8. The molecule has 0 amide bonds. The number of aryl methyl sites for hydroxylation is 1. The summed E-state index contributed by atoms with van der Waals surface area (Å²) in [6, 6.07) is 6.40. The Balaban J connectivity index is 1.90. The van der Waals surface area contributed by atoms with E-state index in [2.05, 4.69) is 30.9 Å². The van der Waals surface area contributed by atoms with Crippen molar-refractivity contribution in [1.29, 1.82) is 0 Å². The normalized spacial score (nSPS) is 16.9. The molecular weight excluding hydrogens is 500 g/mol. The molecule has 15 heteroatoms. The first-order valence-electron chi connectivity index (χ1n) is 10.1. The van der Waals surface area contributed by atoms with Crippen LogP contribution in [0.15, 0.2) is 34.1 Å². The van der Waals surface area contributed by atoms with Crippen molar-refractivity contribution in [1.82, 2.24) is 30.9 Å². The molecule has 178 valence electrons. The van der Waals surface area contributed by atoms with E-state index >= 15 is 0 Å². The van der Waals surface area contributed by atoms with Crippen molar-refractivity contribution in [3.63, 3.8) is 0 Å². The number of tetrazole rings is 1. The van der Waals surface area contributed by atoms with E-state index in [-0.39, 0.29) is 17.9 Å². The number of H-pyrrole nitrogens is 1. The highest BCUT2D eigenvalue weighted by molar-refractivity contribution is 7.94. The van der Waals surface area contributed by atoms with Crippen LogP contribution >= 0.6 is 11.3 Å². The molecule has 0 aliphatic carbocycles. The second-order valence-corrected chi connectivity index (χ2v) is 12.6. The SMILES string of the molecule is Cc1ccc(-c2ccc(S(=O)(=O)[C@@H]3CCNC3)c(S(N)(=O)=O)c2-c2nn[nH]n2)c2nc(N)sc12. The molecule has 3 heterocycles. The molecule has 0 saturated carbocycles. The number of primary sulfonamides is 1. The lowest BCUT2D eigenvalue weighted by molar-refractivity contribution is 0.574. The zero-order chi connectivity index (χ0) is 24.3. The molecule has 5 rings (SSSR count). The summed E-state index contributed by atoms with van der Waals surface area (Å²) in [6.07, 6.45) is 0.350. The van der Waals surface area contributed by atoms with Crippen LogP contribution in [0.2, 0.25) is 0 Å². The smallest absolute Gasteiger partial charge is 0.240 e. The number of rotatable bonds is 5. The van der Waals surface area contributed by atoms with Crippen LogP contribution in [-0.4, -0.2) is 60.8 Å².